The number of esters is 4. The van der Waals surface area contributed by atoms with Gasteiger partial charge in [-0.2, -0.15) is 0 Å². The lowest BCUT2D eigenvalue weighted by molar-refractivity contribution is 0.0458. The molecule has 0 atom stereocenters. The number of rotatable bonds is 16. The lowest BCUT2D eigenvalue weighted by atomic mass is 9.83. The van der Waals surface area contributed by atoms with Crippen molar-refractivity contribution >= 4 is 82.9 Å². The minimum Gasteiger partial charge on any atom is -0.457 e. The fourth-order valence-electron chi connectivity index (χ4n) is 10.4. The molecule has 11 aromatic carbocycles. The van der Waals surface area contributed by atoms with Crippen molar-refractivity contribution < 1.29 is 47.6 Å². The predicted octanol–water partition coefficient (Wildman–Crippen LogP) is 18.1. The van der Waals surface area contributed by atoms with Crippen LogP contribution in [-0.4, -0.2) is 23.9 Å². The van der Waals surface area contributed by atoms with Crippen molar-refractivity contribution in [3.63, 3.8) is 0 Å². The molecule has 0 unspecified atom stereocenters. The van der Waals surface area contributed by atoms with Crippen LogP contribution in [-0.2, 0) is 56.2 Å². The average Bonchev–Trinajstić information content (AvgIpc) is 1.24. The van der Waals surface area contributed by atoms with Gasteiger partial charge in [0, 0.05) is 42.2 Å². The minimum atomic E-state index is -0.738. The van der Waals surface area contributed by atoms with Gasteiger partial charge < -0.3 is 28.4 Å². The number of halogens is 1. The average molecular weight is 1160 g/mol. The Morgan fingerprint density at radius 1 is 0.337 bits per heavy atom. The van der Waals surface area contributed by atoms with Gasteiger partial charge in [0.25, 0.3) is 0 Å². The topological polar surface area (TPSA) is 124 Å². The highest BCUT2D eigenvalue weighted by Gasteiger charge is 2.33. The summed E-state index contributed by atoms with van der Waals surface area (Å²) in [6.07, 6.45) is 0. The van der Waals surface area contributed by atoms with Crippen molar-refractivity contribution in [3.8, 4) is 23.0 Å². The van der Waals surface area contributed by atoms with Crippen LogP contribution in [0.1, 0.15) is 116 Å². The molecular formula is C72H59BrO10. The van der Waals surface area contributed by atoms with Crippen LogP contribution in [0.25, 0.3) is 43.1 Å². The molecule has 83 heavy (non-hydrogen) atoms. The van der Waals surface area contributed by atoms with Gasteiger partial charge in [-0.3, -0.25) is 0 Å². The van der Waals surface area contributed by atoms with Crippen LogP contribution in [0.4, 0.5) is 0 Å². The summed E-state index contributed by atoms with van der Waals surface area (Å²) >= 11 is 3.96. The van der Waals surface area contributed by atoms with Gasteiger partial charge in [-0.1, -0.05) is 209 Å². The number of carbonyl (C=O) groups excluding carboxylic acids is 4. The number of hydrogen-bond donors (Lipinski definition) is 0. The Hall–Kier alpha value is -9.32. The van der Waals surface area contributed by atoms with Gasteiger partial charge in [0.2, 0.25) is 0 Å². The van der Waals surface area contributed by atoms with E-state index in [-0.39, 0.29) is 81.8 Å². The molecule has 0 aromatic heterocycles. The summed E-state index contributed by atoms with van der Waals surface area (Å²) in [7, 11) is 0. The summed E-state index contributed by atoms with van der Waals surface area (Å²) < 4.78 is 39.1. The van der Waals surface area contributed by atoms with Crippen LogP contribution in [0, 0.1) is 0 Å². The summed E-state index contributed by atoms with van der Waals surface area (Å²) in [6, 6.07) is 61.0. The first-order valence-electron chi connectivity index (χ1n) is 27.4. The lowest BCUT2D eigenvalue weighted by Crippen LogP contribution is -2.13. The third-order valence-corrected chi connectivity index (χ3v) is 15.3. The van der Waals surface area contributed by atoms with Crippen LogP contribution in [0.15, 0.2) is 205 Å². The van der Waals surface area contributed by atoms with Gasteiger partial charge in [-0.15, -0.1) is 0 Å². The molecule has 0 aliphatic heterocycles. The van der Waals surface area contributed by atoms with E-state index in [2.05, 4.69) is 57.5 Å². The molecule has 0 amide bonds. The van der Waals surface area contributed by atoms with E-state index in [9.17, 15) is 4.79 Å². The quantitative estimate of drug-likeness (QED) is 0.0400. The first kappa shape index (κ1) is 55.6. The molecule has 0 aliphatic carbocycles. The summed E-state index contributed by atoms with van der Waals surface area (Å²) in [4.78, 5) is 60.3. The van der Waals surface area contributed by atoms with Crippen molar-refractivity contribution in [2.75, 3.05) is 0 Å². The molecule has 0 aliphatic rings. The molecule has 0 saturated carbocycles. The fraction of sp³-hybridized carbons (Fsp3) is 0.167. The molecule has 11 rings (SSSR count). The zero-order valence-corrected chi connectivity index (χ0v) is 48.4. The SMILES string of the molecule is CC(C)(C)c1ccc(Oc2cc(C(=O)OCc3ccccc3)c3c(C(=O)OCc4ccccc4)ccc4c5c(Oc6ccc(C(C)(C)C)cc6)cc(C(=O)OCc6ccccc6)c6c(C(=O)OCc7ccccc7)cc(Br)c(c2c34)c65)cc1. The molecule has 0 bridgehead atoms. The van der Waals surface area contributed by atoms with Gasteiger partial charge in [0.05, 0.1) is 22.3 Å². The largest absolute Gasteiger partial charge is 0.457 e. The third-order valence-electron chi connectivity index (χ3n) is 14.7. The van der Waals surface area contributed by atoms with Gasteiger partial charge in [-0.25, -0.2) is 19.2 Å². The van der Waals surface area contributed by atoms with Crippen molar-refractivity contribution in [3.05, 3.63) is 260 Å². The summed E-state index contributed by atoms with van der Waals surface area (Å²) in [6.45, 7) is 12.5. The highest BCUT2D eigenvalue weighted by molar-refractivity contribution is 9.10. The van der Waals surface area contributed by atoms with Crippen LogP contribution in [0.2, 0.25) is 0 Å². The maximum absolute atomic E-state index is 15.2. The molecule has 0 spiro atoms. The van der Waals surface area contributed by atoms with E-state index in [4.69, 9.17) is 28.4 Å². The van der Waals surface area contributed by atoms with Gasteiger partial charge >= 0.3 is 23.9 Å². The standard InChI is InChI=1S/C72H59BrO10/c1-71(2,3)48-27-31-50(32-28-48)82-58-38-56(70(77)81-43-47-25-17-10-18-26-47)61-54(68(75)79-41-45-21-13-8-14-22-45)37-57(73)64-65-59(83-51-33-29-49(30-34-51)72(4,5)6)39-55(69(76)80-42-46-23-15-9-16-24-46)60-53(36-35-52(63(60)65)62(58)66(61)64)67(74)78-40-44-19-11-7-12-20-44/h7-39H,40-43H2,1-6H3. The Labute approximate surface area is 490 Å². The van der Waals surface area contributed by atoms with Gasteiger partial charge in [-0.05, 0) is 98.1 Å². The number of hydrogen-bond acceptors (Lipinski definition) is 10. The molecule has 0 heterocycles. The maximum atomic E-state index is 15.2. The van der Waals surface area contributed by atoms with Gasteiger partial charge in [0.1, 0.15) is 49.4 Å². The second-order valence-corrected chi connectivity index (χ2v) is 23.4. The Bertz CT molecular complexity index is 4210. The van der Waals surface area contributed by atoms with Crippen molar-refractivity contribution in [2.45, 2.75) is 78.8 Å². The lowest BCUT2D eigenvalue weighted by Gasteiger charge is -2.25. The van der Waals surface area contributed by atoms with E-state index in [0.29, 0.717) is 48.3 Å². The van der Waals surface area contributed by atoms with Crippen molar-refractivity contribution in [2.24, 2.45) is 0 Å². The molecule has 414 valence electrons. The Balaban J connectivity index is 1.25. The predicted molar refractivity (Wildman–Crippen MR) is 328 cm³/mol. The van der Waals surface area contributed by atoms with Crippen LogP contribution in [0.5, 0.6) is 23.0 Å². The molecular weight excluding hydrogens is 1100 g/mol. The van der Waals surface area contributed by atoms with Crippen LogP contribution >= 0.6 is 15.9 Å². The van der Waals surface area contributed by atoms with E-state index in [1.54, 1.807) is 30.3 Å². The molecule has 10 nitrogen and oxygen atoms in total. The van der Waals surface area contributed by atoms with E-state index >= 15 is 14.4 Å². The van der Waals surface area contributed by atoms with Gasteiger partial charge in [0.15, 0.2) is 0 Å². The smallest absolute Gasteiger partial charge is 0.339 e. The highest BCUT2D eigenvalue weighted by atomic mass is 79.9. The summed E-state index contributed by atoms with van der Waals surface area (Å²) in [5.74, 6) is -1.59. The maximum Gasteiger partial charge on any atom is 0.339 e. The molecule has 0 N–H and O–H groups in total. The highest BCUT2D eigenvalue weighted by Crippen LogP contribution is 2.54. The zero-order chi connectivity index (χ0) is 58.0. The second kappa shape index (κ2) is 23.3. The second-order valence-electron chi connectivity index (χ2n) is 22.5. The molecule has 11 aromatic rings. The number of carbonyl (C=O) groups is 4. The van der Waals surface area contributed by atoms with Crippen molar-refractivity contribution in [1.29, 1.82) is 0 Å². The fourth-order valence-corrected chi connectivity index (χ4v) is 11.0. The molecule has 0 saturated heterocycles. The van der Waals surface area contributed by atoms with Crippen LogP contribution < -0.4 is 9.47 Å². The monoisotopic (exact) mass is 1160 g/mol. The number of benzene rings is 11. The van der Waals surface area contributed by atoms with E-state index in [1.165, 1.54) is 0 Å². The van der Waals surface area contributed by atoms with E-state index < -0.39 is 23.9 Å². The Kier molecular flexibility index (Phi) is 15.6. The number of fused-ring (bicyclic) bond motifs is 2. The van der Waals surface area contributed by atoms with Crippen molar-refractivity contribution in [1.82, 2.24) is 0 Å². The van der Waals surface area contributed by atoms with E-state index in [1.807, 2.05) is 170 Å². The third kappa shape index (κ3) is 11.8. The number of ether oxygens (including phenoxy) is 6. The Morgan fingerprint density at radius 2 is 0.675 bits per heavy atom. The molecule has 0 fully saturated rings. The normalized spacial score (nSPS) is 11.7. The minimum absolute atomic E-state index is 0.0172. The van der Waals surface area contributed by atoms with E-state index in [0.717, 1.165) is 33.4 Å². The Morgan fingerprint density at radius 3 is 1.05 bits per heavy atom. The first-order valence-corrected chi connectivity index (χ1v) is 28.2. The molecule has 0 radical (unpaired) electrons. The first-order chi connectivity index (χ1) is 40.0. The zero-order valence-electron chi connectivity index (χ0n) is 46.8. The summed E-state index contributed by atoms with van der Waals surface area (Å²) in [5, 5.41) is 3.04. The van der Waals surface area contributed by atoms with Crippen LogP contribution in [0.3, 0.4) is 0 Å². The summed E-state index contributed by atoms with van der Waals surface area (Å²) in [5.41, 5.74) is 4.97. The molecule has 11 heteroatoms.